The van der Waals surface area contributed by atoms with E-state index in [9.17, 15) is 9.59 Å². The van der Waals surface area contributed by atoms with Crippen LogP contribution in [0.5, 0.6) is 0 Å². The average molecular weight is 282 g/mol. The summed E-state index contributed by atoms with van der Waals surface area (Å²) in [5.41, 5.74) is 0. The van der Waals surface area contributed by atoms with E-state index in [1.807, 2.05) is 9.80 Å². The molecular formula is C15H26N2O3. The fourth-order valence-electron chi connectivity index (χ4n) is 3.20. The smallest absolute Gasteiger partial charge is 0.319 e. The summed E-state index contributed by atoms with van der Waals surface area (Å²) in [6.45, 7) is 3.38. The van der Waals surface area contributed by atoms with Crippen LogP contribution >= 0.6 is 0 Å². The Morgan fingerprint density at radius 3 is 2.00 bits per heavy atom. The number of hydrogen-bond donors (Lipinski definition) is 1. The van der Waals surface area contributed by atoms with E-state index in [2.05, 4.69) is 0 Å². The predicted octanol–water partition coefficient (Wildman–Crippen LogP) is 2.56. The van der Waals surface area contributed by atoms with Crippen molar-refractivity contribution in [3.63, 3.8) is 0 Å². The van der Waals surface area contributed by atoms with Crippen LogP contribution in [0.25, 0.3) is 0 Å². The van der Waals surface area contributed by atoms with Crippen molar-refractivity contribution in [3.05, 3.63) is 0 Å². The van der Waals surface area contributed by atoms with Gasteiger partial charge in [-0.1, -0.05) is 12.8 Å². The van der Waals surface area contributed by atoms with Crippen molar-refractivity contribution in [1.29, 1.82) is 0 Å². The molecule has 0 saturated carbocycles. The lowest BCUT2D eigenvalue weighted by Crippen LogP contribution is -2.47. The highest BCUT2D eigenvalue weighted by atomic mass is 16.4. The van der Waals surface area contributed by atoms with Crippen LogP contribution in [-0.2, 0) is 4.79 Å². The molecule has 0 spiro atoms. The summed E-state index contributed by atoms with van der Waals surface area (Å²) >= 11 is 0. The molecule has 0 aliphatic carbocycles. The number of aliphatic carboxylic acids is 1. The van der Waals surface area contributed by atoms with Gasteiger partial charge >= 0.3 is 12.0 Å². The van der Waals surface area contributed by atoms with Gasteiger partial charge in [0.1, 0.15) is 0 Å². The molecule has 0 radical (unpaired) electrons. The molecule has 0 aromatic carbocycles. The van der Waals surface area contributed by atoms with Gasteiger partial charge in [-0.05, 0) is 38.0 Å². The van der Waals surface area contributed by atoms with Gasteiger partial charge in [-0.25, -0.2) is 4.79 Å². The molecular weight excluding hydrogens is 256 g/mol. The number of rotatable bonds is 3. The number of carboxylic acid groups (broad SMARTS) is 1. The number of carboxylic acids is 1. The summed E-state index contributed by atoms with van der Waals surface area (Å²) in [6.07, 6.45) is 7.63. The van der Waals surface area contributed by atoms with Crippen LogP contribution < -0.4 is 0 Å². The molecule has 2 amide bonds. The zero-order valence-corrected chi connectivity index (χ0v) is 12.2. The SMILES string of the molecule is O=C(O)CCC1CCN(C(=O)N2CCCCCC2)CC1. The van der Waals surface area contributed by atoms with E-state index in [-0.39, 0.29) is 12.5 Å². The lowest BCUT2D eigenvalue weighted by molar-refractivity contribution is -0.137. The molecule has 1 N–H and O–H groups in total. The van der Waals surface area contributed by atoms with Crippen LogP contribution in [0.15, 0.2) is 0 Å². The summed E-state index contributed by atoms with van der Waals surface area (Å²) in [4.78, 5) is 27.0. The zero-order chi connectivity index (χ0) is 14.4. The summed E-state index contributed by atoms with van der Waals surface area (Å²) < 4.78 is 0. The fourth-order valence-corrected chi connectivity index (χ4v) is 3.20. The van der Waals surface area contributed by atoms with Crippen molar-refractivity contribution >= 4 is 12.0 Å². The van der Waals surface area contributed by atoms with Crippen LogP contribution in [0.2, 0.25) is 0 Å². The van der Waals surface area contributed by atoms with Crippen LogP contribution in [0, 0.1) is 5.92 Å². The average Bonchev–Trinajstić information content (AvgIpc) is 2.74. The molecule has 0 unspecified atom stereocenters. The van der Waals surface area contributed by atoms with Gasteiger partial charge < -0.3 is 14.9 Å². The number of carbonyl (C=O) groups excluding carboxylic acids is 1. The van der Waals surface area contributed by atoms with Crippen LogP contribution in [0.3, 0.4) is 0 Å². The number of hydrogen-bond acceptors (Lipinski definition) is 2. The van der Waals surface area contributed by atoms with Crippen LogP contribution in [-0.4, -0.2) is 53.1 Å². The molecule has 2 aliphatic rings. The first-order chi connectivity index (χ1) is 9.66. The van der Waals surface area contributed by atoms with E-state index in [4.69, 9.17) is 5.11 Å². The maximum absolute atomic E-state index is 12.4. The Morgan fingerprint density at radius 2 is 1.45 bits per heavy atom. The van der Waals surface area contributed by atoms with Crippen LogP contribution in [0.4, 0.5) is 4.79 Å². The molecule has 2 aliphatic heterocycles. The van der Waals surface area contributed by atoms with Gasteiger partial charge in [-0.3, -0.25) is 4.79 Å². The Balaban J connectivity index is 1.74. The highest BCUT2D eigenvalue weighted by Crippen LogP contribution is 2.23. The van der Waals surface area contributed by atoms with Gasteiger partial charge in [0.2, 0.25) is 0 Å². The van der Waals surface area contributed by atoms with E-state index in [1.54, 1.807) is 0 Å². The minimum atomic E-state index is -0.715. The lowest BCUT2D eigenvalue weighted by atomic mass is 9.92. The van der Waals surface area contributed by atoms with E-state index >= 15 is 0 Å². The fraction of sp³-hybridized carbons (Fsp3) is 0.867. The third-order valence-electron chi connectivity index (χ3n) is 4.53. The van der Waals surface area contributed by atoms with Crippen molar-refractivity contribution < 1.29 is 14.7 Å². The molecule has 2 rings (SSSR count). The van der Waals surface area contributed by atoms with Gasteiger partial charge in [0.25, 0.3) is 0 Å². The van der Waals surface area contributed by atoms with Crippen molar-refractivity contribution in [3.8, 4) is 0 Å². The molecule has 2 fully saturated rings. The van der Waals surface area contributed by atoms with E-state index < -0.39 is 5.97 Å². The van der Waals surface area contributed by atoms with E-state index in [0.29, 0.717) is 5.92 Å². The monoisotopic (exact) mass is 282 g/mol. The Hall–Kier alpha value is -1.26. The Kier molecular flexibility index (Phi) is 5.68. The zero-order valence-electron chi connectivity index (χ0n) is 12.2. The normalized spacial score (nSPS) is 21.6. The number of nitrogens with zero attached hydrogens (tertiary/aromatic N) is 2. The third kappa shape index (κ3) is 4.39. The van der Waals surface area contributed by atoms with E-state index in [1.165, 1.54) is 12.8 Å². The Morgan fingerprint density at radius 1 is 0.900 bits per heavy atom. The van der Waals surface area contributed by atoms with Gasteiger partial charge in [0, 0.05) is 32.6 Å². The highest BCUT2D eigenvalue weighted by Gasteiger charge is 2.26. The van der Waals surface area contributed by atoms with Gasteiger partial charge in [0.15, 0.2) is 0 Å². The standard InChI is InChI=1S/C15H26N2O3/c18-14(19)6-5-13-7-11-17(12-8-13)15(20)16-9-3-1-2-4-10-16/h13H,1-12H2,(H,18,19). The van der Waals surface area contributed by atoms with Gasteiger partial charge in [-0.15, -0.1) is 0 Å². The number of amides is 2. The molecule has 20 heavy (non-hydrogen) atoms. The number of piperidine rings is 1. The first kappa shape index (κ1) is 15.1. The first-order valence-corrected chi connectivity index (χ1v) is 7.92. The van der Waals surface area contributed by atoms with Crippen LogP contribution in [0.1, 0.15) is 51.4 Å². The molecule has 5 nitrogen and oxygen atoms in total. The minimum Gasteiger partial charge on any atom is -0.481 e. The Labute approximate surface area is 120 Å². The second kappa shape index (κ2) is 7.50. The summed E-state index contributed by atoms with van der Waals surface area (Å²) in [5.74, 6) is -0.243. The Bertz CT molecular complexity index is 330. The molecule has 5 heteroatoms. The largest absolute Gasteiger partial charge is 0.481 e. The van der Waals surface area contributed by atoms with Gasteiger partial charge in [-0.2, -0.15) is 0 Å². The molecule has 114 valence electrons. The van der Waals surface area contributed by atoms with Crippen molar-refractivity contribution in [2.45, 2.75) is 51.4 Å². The lowest BCUT2D eigenvalue weighted by Gasteiger charge is -2.35. The number of likely N-dealkylation sites (tertiary alicyclic amines) is 2. The van der Waals surface area contributed by atoms with E-state index in [0.717, 1.165) is 58.3 Å². The molecule has 0 aromatic heterocycles. The number of carbonyl (C=O) groups is 2. The quantitative estimate of drug-likeness (QED) is 0.865. The summed E-state index contributed by atoms with van der Waals surface area (Å²) in [5, 5.41) is 8.71. The topological polar surface area (TPSA) is 60.9 Å². The van der Waals surface area contributed by atoms with Crippen molar-refractivity contribution in [2.24, 2.45) is 5.92 Å². The highest BCUT2D eigenvalue weighted by molar-refractivity contribution is 5.74. The molecule has 0 bridgehead atoms. The second-order valence-electron chi connectivity index (χ2n) is 6.05. The first-order valence-electron chi connectivity index (χ1n) is 7.92. The van der Waals surface area contributed by atoms with Gasteiger partial charge in [0.05, 0.1) is 0 Å². The summed E-state index contributed by atoms with van der Waals surface area (Å²) in [7, 11) is 0. The third-order valence-corrected chi connectivity index (χ3v) is 4.53. The summed E-state index contributed by atoms with van der Waals surface area (Å²) in [6, 6.07) is 0.198. The molecule has 0 aromatic rings. The minimum absolute atomic E-state index is 0.198. The predicted molar refractivity (Wildman–Crippen MR) is 76.6 cm³/mol. The molecule has 2 saturated heterocycles. The number of urea groups is 1. The molecule has 0 atom stereocenters. The maximum atomic E-state index is 12.4. The maximum Gasteiger partial charge on any atom is 0.319 e. The van der Waals surface area contributed by atoms with Crippen molar-refractivity contribution in [2.75, 3.05) is 26.2 Å². The van der Waals surface area contributed by atoms with Crippen molar-refractivity contribution in [1.82, 2.24) is 9.80 Å². The molecule has 2 heterocycles. The second-order valence-corrected chi connectivity index (χ2v) is 6.05.